The normalized spacial score (nSPS) is 12.5. The van der Waals surface area contributed by atoms with E-state index in [9.17, 15) is 8.78 Å². The van der Waals surface area contributed by atoms with Crippen LogP contribution in [0.4, 0.5) is 14.5 Å². The van der Waals surface area contributed by atoms with Gasteiger partial charge in [0.25, 0.3) is 0 Å². The fraction of sp³-hybridized carbons (Fsp3) is 0.231. The molecule has 0 spiro atoms. The zero-order valence-corrected chi connectivity index (χ0v) is 11.5. The van der Waals surface area contributed by atoms with Crippen molar-refractivity contribution in [2.24, 2.45) is 0 Å². The van der Waals surface area contributed by atoms with E-state index in [2.05, 4.69) is 5.32 Å². The molecule has 96 valence electrons. The summed E-state index contributed by atoms with van der Waals surface area (Å²) in [4.78, 5) is 0.931. The van der Waals surface area contributed by atoms with Crippen molar-refractivity contribution < 1.29 is 8.78 Å². The molecule has 0 aliphatic carbocycles. The van der Waals surface area contributed by atoms with Gasteiger partial charge in [-0.1, -0.05) is 17.7 Å². The van der Waals surface area contributed by atoms with Crippen molar-refractivity contribution in [3.63, 3.8) is 0 Å². The molecule has 1 N–H and O–H groups in total. The SMILES string of the molecule is Cc1ccc(F)c(NC(C)c2ccc(Cl)s2)c1F. The van der Waals surface area contributed by atoms with Gasteiger partial charge >= 0.3 is 0 Å². The molecule has 0 aliphatic heterocycles. The Morgan fingerprint density at radius 2 is 1.94 bits per heavy atom. The lowest BCUT2D eigenvalue weighted by molar-refractivity contribution is 0.579. The molecule has 5 heteroatoms. The monoisotopic (exact) mass is 287 g/mol. The number of thiophene rings is 1. The Hall–Kier alpha value is -1.13. The van der Waals surface area contributed by atoms with Crippen LogP contribution in [0.1, 0.15) is 23.4 Å². The second-order valence-corrected chi connectivity index (χ2v) is 5.81. The molecule has 0 saturated heterocycles. The van der Waals surface area contributed by atoms with E-state index < -0.39 is 11.6 Å². The van der Waals surface area contributed by atoms with E-state index >= 15 is 0 Å². The molecule has 1 atom stereocenters. The van der Waals surface area contributed by atoms with Crippen LogP contribution in [0.3, 0.4) is 0 Å². The maximum absolute atomic E-state index is 13.8. The number of hydrogen-bond donors (Lipinski definition) is 1. The third-order valence-corrected chi connectivity index (χ3v) is 4.08. The van der Waals surface area contributed by atoms with Gasteiger partial charge in [-0.3, -0.25) is 0 Å². The Bertz CT molecular complexity index is 568. The van der Waals surface area contributed by atoms with Crippen molar-refractivity contribution >= 4 is 28.6 Å². The summed E-state index contributed by atoms with van der Waals surface area (Å²) in [5.41, 5.74) is 0.322. The maximum Gasteiger partial charge on any atom is 0.152 e. The van der Waals surface area contributed by atoms with Crippen LogP contribution in [0.5, 0.6) is 0 Å². The Morgan fingerprint density at radius 3 is 2.56 bits per heavy atom. The van der Waals surface area contributed by atoms with Gasteiger partial charge in [0.2, 0.25) is 0 Å². The highest BCUT2D eigenvalue weighted by molar-refractivity contribution is 7.16. The molecule has 0 radical (unpaired) electrons. The fourth-order valence-electron chi connectivity index (χ4n) is 1.64. The molecule has 0 fully saturated rings. The molecule has 0 amide bonds. The lowest BCUT2D eigenvalue weighted by Gasteiger charge is -2.15. The topological polar surface area (TPSA) is 12.0 Å². The average molecular weight is 288 g/mol. The minimum Gasteiger partial charge on any atom is -0.373 e. The van der Waals surface area contributed by atoms with Gasteiger partial charge in [-0.2, -0.15) is 0 Å². The standard InChI is InChI=1S/C13H12ClF2NS/c1-7-3-4-9(15)13(12(7)16)17-8(2)10-5-6-11(14)18-10/h3-6,8,17H,1-2H3. The van der Waals surface area contributed by atoms with Crippen LogP contribution in [-0.2, 0) is 0 Å². The Labute approximate surface area is 113 Å². The van der Waals surface area contributed by atoms with Crippen LogP contribution in [0, 0.1) is 18.6 Å². The first kappa shape index (κ1) is 13.3. The largest absolute Gasteiger partial charge is 0.373 e. The minimum absolute atomic E-state index is 0.0907. The number of aryl methyl sites for hydroxylation is 1. The first-order chi connectivity index (χ1) is 8.49. The van der Waals surface area contributed by atoms with Crippen LogP contribution in [0.25, 0.3) is 0 Å². The lowest BCUT2D eigenvalue weighted by atomic mass is 10.1. The quantitative estimate of drug-likeness (QED) is 0.822. The number of hydrogen-bond acceptors (Lipinski definition) is 2. The van der Waals surface area contributed by atoms with Gasteiger partial charge in [0.1, 0.15) is 11.5 Å². The summed E-state index contributed by atoms with van der Waals surface area (Å²) in [6, 6.07) is 6.09. The molecule has 1 aromatic carbocycles. The highest BCUT2D eigenvalue weighted by Crippen LogP contribution is 2.31. The molecule has 0 bridgehead atoms. The minimum atomic E-state index is -0.590. The number of halogens is 3. The van der Waals surface area contributed by atoms with Crippen LogP contribution in [0.2, 0.25) is 4.34 Å². The number of rotatable bonds is 3. The predicted octanol–water partition coefficient (Wildman–Crippen LogP) is 5.16. The molecule has 1 nitrogen and oxygen atoms in total. The van der Waals surface area contributed by atoms with Gasteiger partial charge in [0, 0.05) is 4.88 Å². The van der Waals surface area contributed by atoms with Gasteiger partial charge in [-0.05, 0) is 37.6 Å². The zero-order valence-electron chi connectivity index (χ0n) is 9.93. The van der Waals surface area contributed by atoms with Crippen LogP contribution in [0.15, 0.2) is 24.3 Å². The summed E-state index contributed by atoms with van der Waals surface area (Å²) in [5, 5.41) is 2.85. The second kappa shape index (κ2) is 5.24. The number of benzene rings is 1. The van der Waals surface area contributed by atoms with Gasteiger partial charge in [0.15, 0.2) is 5.82 Å². The fourth-order valence-corrected chi connectivity index (χ4v) is 2.70. The summed E-state index contributed by atoms with van der Waals surface area (Å²) >= 11 is 7.23. The molecule has 0 aliphatic rings. The second-order valence-electron chi connectivity index (χ2n) is 4.06. The predicted molar refractivity (Wildman–Crippen MR) is 72.5 cm³/mol. The molecule has 1 aromatic heterocycles. The Morgan fingerprint density at radius 1 is 1.22 bits per heavy atom. The Kier molecular flexibility index (Phi) is 3.88. The molecule has 2 rings (SSSR count). The van der Waals surface area contributed by atoms with Crippen molar-refractivity contribution in [3.05, 3.63) is 50.7 Å². The van der Waals surface area contributed by atoms with E-state index in [0.717, 1.165) is 4.88 Å². The zero-order chi connectivity index (χ0) is 13.3. The molecule has 1 unspecified atom stereocenters. The van der Waals surface area contributed by atoms with Gasteiger partial charge in [-0.25, -0.2) is 8.78 Å². The van der Waals surface area contributed by atoms with E-state index in [0.29, 0.717) is 9.90 Å². The van der Waals surface area contributed by atoms with Crippen LogP contribution < -0.4 is 5.32 Å². The summed E-state index contributed by atoms with van der Waals surface area (Å²) < 4.78 is 28.1. The van der Waals surface area contributed by atoms with Crippen molar-refractivity contribution in [1.82, 2.24) is 0 Å². The van der Waals surface area contributed by atoms with Crippen molar-refractivity contribution in [2.75, 3.05) is 5.32 Å². The van der Waals surface area contributed by atoms with Crippen molar-refractivity contribution in [3.8, 4) is 0 Å². The third kappa shape index (κ3) is 2.65. The van der Waals surface area contributed by atoms with Crippen LogP contribution in [-0.4, -0.2) is 0 Å². The van der Waals surface area contributed by atoms with Crippen molar-refractivity contribution in [1.29, 1.82) is 0 Å². The number of anilines is 1. The lowest BCUT2D eigenvalue weighted by Crippen LogP contribution is -2.09. The molecule has 18 heavy (non-hydrogen) atoms. The van der Waals surface area contributed by atoms with Crippen LogP contribution >= 0.6 is 22.9 Å². The molecular formula is C13H12ClF2NS. The van der Waals surface area contributed by atoms with E-state index in [4.69, 9.17) is 11.6 Å². The highest BCUT2D eigenvalue weighted by Gasteiger charge is 2.15. The van der Waals surface area contributed by atoms with Gasteiger partial charge in [-0.15, -0.1) is 11.3 Å². The smallest absolute Gasteiger partial charge is 0.152 e. The molecule has 0 saturated carbocycles. The molecule has 2 aromatic rings. The first-order valence-electron chi connectivity index (χ1n) is 5.45. The molecule has 1 heterocycles. The summed E-state index contributed by atoms with van der Waals surface area (Å²) in [7, 11) is 0. The number of nitrogens with one attached hydrogen (secondary N) is 1. The maximum atomic E-state index is 13.8. The van der Waals surface area contributed by atoms with E-state index in [-0.39, 0.29) is 11.7 Å². The van der Waals surface area contributed by atoms with E-state index in [1.807, 2.05) is 13.0 Å². The summed E-state index contributed by atoms with van der Waals surface area (Å²) in [6.45, 7) is 3.44. The van der Waals surface area contributed by atoms with Gasteiger partial charge < -0.3 is 5.32 Å². The molecular weight excluding hydrogens is 276 g/mol. The van der Waals surface area contributed by atoms with Crippen molar-refractivity contribution in [2.45, 2.75) is 19.9 Å². The summed E-state index contributed by atoms with van der Waals surface area (Å²) in [6.07, 6.45) is 0. The highest BCUT2D eigenvalue weighted by atomic mass is 35.5. The van der Waals surface area contributed by atoms with Gasteiger partial charge in [0.05, 0.1) is 10.4 Å². The summed E-state index contributed by atoms with van der Waals surface area (Å²) in [5.74, 6) is -1.14. The average Bonchev–Trinajstić information content (AvgIpc) is 2.76. The third-order valence-electron chi connectivity index (χ3n) is 2.67. The van der Waals surface area contributed by atoms with E-state index in [1.54, 1.807) is 13.0 Å². The Balaban J connectivity index is 2.27. The van der Waals surface area contributed by atoms with E-state index in [1.165, 1.54) is 23.5 Å². The first-order valence-corrected chi connectivity index (χ1v) is 6.65.